The zero-order valence-electron chi connectivity index (χ0n) is 16.5. The van der Waals surface area contributed by atoms with Crippen LogP contribution >= 0.6 is 0 Å². The predicted molar refractivity (Wildman–Crippen MR) is 107 cm³/mol. The number of nitrogens with one attached hydrogen (secondary N) is 1. The molecule has 4 nitrogen and oxygen atoms in total. The van der Waals surface area contributed by atoms with E-state index in [1.54, 1.807) is 0 Å². The van der Waals surface area contributed by atoms with E-state index in [2.05, 4.69) is 36.5 Å². The third-order valence-electron chi connectivity index (χ3n) is 4.89. The standard InChI is InChI=1S/C22H37NO3/c1-2-3-4-5-6-7-8-9-10-11-12-13-14-15-16-17-20(24)23-22(18-19-22)21(25)26/h6-7,9-10H,2-5,8,11-19H2,1H3,(H,23,24)(H,25,26)/b7-6-,10-9-. The van der Waals surface area contributed by atoms with Crippen LogP contribution in [0, 0.1) is 0 Å². The van der Waals surface area contributed by atoms with E-state index in [4.69, 9.17) is 5.11 Å². The Morgan fingerprint density at radius 3 is 2.04 bits per heavy atom. The van der Waals surface area contributed by atoms with Crippen molar-refractivity contribution in [1.29, 1.82) is 0 Å². The molecule has 0 radical (unpaired) electrons. The third-order valence-corrected chi connectivity index (χ3v) is 4.89. The fraction of sp³-hybridized carbons (Fsp3) is 0.727. The second-order valence-corrected chi connectivity index (χ2v) is 7.42. The molecule has 0 unspecified atom stereocenters. The summed E-state index contributed by atoms with van der Waals surface area (Å²) in [4.78, 5) is 22.8. The summed E-state index contributed by atoms with van der Waals surface area (Å²) in [5.41, 5.74) is -0.936. The molecular formula is C22H37NO3. The molecule has 0 aromatic rings. The number of hydrogen-bond acceptors (Lipinski definition) is 2. The van der Waals surface area contributed by atoms with Crippen molar-refractivity contribution >= 4 is 11.9 Å². The van der Waals surface area contributed by atoms with Gasteiger partial charge in [-0.3, -0.25) is 4.79 Å². The number of aliphatic carboxylic acids is 1. The highest BCUT2D eigenvalue weighted by atomic mass is 16.4. The van der Waals surface area contributed by atoms with Gasteiger partial charge in [0.1, 0.15) is 5.54 Å². The van der Waals surface area contributed by atoms with Crippen molar-refractivity contribution in [2.75, 3.05) is 0 Å². The summed E-state index contributed by atoms with van der Waals surface area (Å²) in [6.07, 6.45) is 23.3. The van der Waals surface area contributed by atoms with Crippen LogP contribution in [0.1, 0.15) is 96.8 Å². The second kappa shape index (κ2) is 13.6. The van der Waals surface area contributed by atoms with Gasteiger partial charge in [-0.15, -0.1) is 0 Å². The molecule has 0 aromatic heterocycles. The molecule has 1 amide bonds. The van der Waals surface area contributed by atoms with Gasteiger partial charge in [0.15, 0.2) is 0 Å². The van der Waals surface area contributed by atoms with E-state index in [0.29, 0.717) is 19.3 Å². The van der Waals surface area contributed by atoms with Gasteiger partial charge in [0, 0.05) is 6.42 Å². The summed E-state index contributed by atoms with van der Waals surface area (Å²) in [6.45, 7) is 2.23. The quantitative estimate of drug-likeness (QED) is 0.280. The second-order valence-electron chi connectivity index (χ2n) is 7.42. The summed E-state index contributed by atoms with van der Waals surface area (Å²) in [6, 6.07) is 0. The molecule has 1 fully saturated rings. The van der Waals surface area contributed by atoms with Gasteiger partial charge >= 0.3 is 5.97 Å². The fourth-order valence-corrected chi connectivity index (χ4v) is 2.94. The van der Waals surface area contributed by atoms with E-state index < -0.39 is 11.5 Å². The highest BCUT2D eigenvalue weighted by molar-refractivity contribution is 5.89. The van der Waals surface area contributed by atoms with Gasteiger partial charge in [-0.05, 0) is 51.4 Å². The number of hydrogen-bond donors (Lipinski definition) is 2. The van der Waals surface area contributed by atoms with Crippen molar-refractivity contribution < 1.29 is 14.7 Å². The Labute approximate surface area is 159 Å². The molecule has 2 N–H and O–H groups in total. The SMILES string of the molecule is CCCCC/C=C\C/C=C\CCCCCCCC(=O)NC1(C(=O)O)CC1. The average molecular weight is 364 g/mol. The minimum atomic E-state index is -0.936. The lowest BCUT2D eigenvalue weighted by molar-refractivity contribution is -0.143. The number of carboxylic acids is 1. The lowest BCUT2D eigenvalue weighted by atomic mass is 10.1. The van der Waals surface area contributed by atoms with E-state index in [9.17, 15) is 9.59 Å². The molecule has 0 aromatic carbocycles. The monoisotopic (exact) mass is 363 g/mol. The zero-order valence-corrected chi connectivity index (χ0v) is 16.5. The number of carbonyl (C=O) groups is 2. The van der Waals surface area contributed by atoms with Crippen molar-refractivity contribution in [3.63, 3.8) is 0 Å². The van der Waals surface area contributed by atoms with Crippen LogP contribution in [0.15, 0.2) is 24.3 Å². The Morgan fingerprint density at radius 1 is 0.885 bits per heavy atom. The van der Waals surface area contributed by atoms with Gasteiger partial charge in [0.05, 0.1) is 0 Å². The maximum Gasteiger partial charge on any atom is 0.329 e. The zero-order chi connectivity index (χ0) is 19.1. The lowest BCUT2D eigenvalue weighted by Crippen LogP contribution is -2.42. The number of rotatable bonds is 16. The van der Waals surface area contributed by atoms with Crippen LogP contribution in [-0.4, -0.2) is 22.5 Å². The van der Waals surface area contributed by atoms with Crippen LogP contribution in [0.3, 0.4) is 0 Å². The smallest absolute Gasteiger partial charge is 0.329 e. The van der Waals surface area contributed by atoms with Crippen molar-refractivity contribution in [2.24, 2.45) is 0 Å². The van der Waals surface area contributed by atoms with Gasteiger partial charge in [-0.2, -0.15) is 0 Å². The lowest BCUT2D eigenvalue weighted by Gasteiger charge is -2.12. The summed E-state index contributed by atoms with van der Waals surface area (Å²) < 4.78 is 0. The maximum atomic E-state index is 11.7. The number of carboxylic acid groups (broad SMARTS) is 1. The molecule has 26 heavy (non-hydrogen) atoms. The predicted octanol–water partition coefficient (Wildman–Crippen LogP) is 5.53. The molecule has 0 spiro atoms. The Bertz CT molecular complexity index is 464. The van der Waals surface area contributed by atoms with E-state index in [1.807, 2.05) is 0 Å². The summed E-state index contributed by atoms with van der Waals surface area (Å²) in [5.74, 6) is -1.01. The van der Waals surface area contributed by atoms with Crippen LogP contribution in [0.2, 0.25) is 0 Å². The van der Waals surface area contributed by atoms with E-state index in [-0.39, 0.29) is 5.91 Å². The van der Waals surface area contributed by atoms with Crippen LogP contribution in [0.25, 0.3) is 0 Å². The molecule has 1 saturated carbocycles. The van der Waals surface area contributed by atoms with Crippen LogP contribution in [0.5, 0.6) is 0 Å². The number of amides is 1. The first-order valence-corrected chi connectivity index (χ1v) is 10.4. The molecule has 1 rings (SSSR count). The van der Waals surface area contributed by atoms with Crippen LogP contribution in [0.4, 0.5) is 0 Å². The van der Waals surface area contributed by atoms with Crippen LogP contribution in [-0.2, 0) is 9.59 Å². The number of allylic oxidation sites excluding steroid dienone is 4. The van der Waals surface area contributed by atoms with Crippen molar-refractivity contribution in [3.8, 4) is 0 Å². The molecule has 148 valence electrons. The van der Waals surface area contributed by atoms with Gasteiger partial charge in [0.25, 0.3) is 0 Å². The number of carbonyl (C=O) groups excluding carboxylic acids is 1. The van der Waals surface area contributed by atoms with Crippen molar-refractivity contribution in [1.82, 2.24) is 5.32 Å². The van der Waals surface area contributed by atoms with Gasteiger partial charge in [0.2, 0.25) is 5.91 Å². The normalized spacial score (nSPS) is 15.6. The first-order chi connectivity index (χ1) is 12.6. The number of unbranched alkanes of at least 4 members (excludes halogenated alkanes) is 8. The Balaban J connectivity index is 1.86. The Morgan fingerprint density at radius 2 is 1.46 bits per heavy atom. The third kappa shape index (κ3) is 10.4. The molecule has 0 bridgehead atoms. The largest absolute Gasteiger partial charge is 0.480 e. The van der Waals surface area contributed by atoms with E-state index in [0.717, 1.165) is 32.1 Å². The molecular weight excluding hydrogens is 326 g/mol. The summed E-state index contributed by atoms with van der Waals surface area (Å²) in [5, 5.41) is 11.7. The molecule has 0 saturated heterocycles. The van der Waals surface area contributed by atoms with Crippen molar-refractivity contribution in [3.05, 3.63) is 24.3 Å². The Kier molecular flexibility index (Phi) is 11.7. The molecule has 4 heteroatoms. The Hall–Kier alpha value is -1.58. The van der Waals surface area contributed by atoms with Crippen LogP contribution < -0.4 is 5.32 Å². The minimum absolute atomic E-state index is 0.115. The average Bonchev–Trinajstić information content (AvgIpc) is 3.39. The minimum Gasteiger partial charge on any atom is -0.480 e. The summed E-state index contributed by atoms with van der Waals surface area (Å²) in [7, 11) is 0. The topological polar surface area (TPSA) is 66.4 Å². The fourth-order valence-electron chi connectivity index (χ4n) is 2.94. The highest BCUT2D eigenvalue weighted by Crippen LogP contribution is 2.35. The molecule has 1 aliphatic rings. The molecule has 0 aliphatic heterocycles. The van der Waals surface area contributed by atoms with E-state index >= 15 is 0 Å². The highest BCUT2D eigenvalue weighted by Gasteiger charge is 2.51. The van der Waals surface area contributed by atoms with Gasteiger partial charge < -0.3 is 10.4 Å². The van der Waals surface area contributed by atoms with E-state index in [1.165, 1.54) is 38.5 Å². The maximum absolute atomic E-state index is 11.7. The molecule has 1 aliphatic carbocycles. The van der Waals surface area contributed by atoms with Gasteiger partial charge in [-0.1, -0.05) is 63.3 Å². The first kappa shape index (κ1) is 22.5. The van der Waals surface area contributed by atoms with Gasteiger partial charge in [-0.25, -0.2) is 4.79 Å². The molecule has 0 atom stereocenters. The van der Waals surface area contributed by atoms with Crippen molar-refractivity contribution in [2.45, 2.75) is 102 Å². The first-order valence-electron chi connectivity index (χ1n) is 10.4. The molecule has 0 heterocycles. The summed E-state index contributed by atoms with van der Waals surface area (Å²) >= 11 is 0.